The lowest BCUT2D eigenvalue weighted by Gasteiger charge is -2.08. The molecule has 1 heterocycles. The average Bonchev–Trinajstić information content (AvgIpc) is 2.88. The summed E-state index contributed by atoms with van der Waals surface area (Å²) >= 11 is 0. The molecule has 0 atom stereocenters. The van der Waals surface area contributed by atoms with Gasteiger partial charge in [0.1, 0.15) is 5.82 Å². The van der Waals surface area contributed by atoms with Gasteiger partial charge in [-0.15, -0.1) is 0 Å². The summed E-state index contributed by atoms with van der Waals surface area (Å²) in [7, 11) is 0. The number of hydrogen-bond acceptors (Lipinski definition) is 3. The number of aromatic nitrogens is 3. The Labute approximate surface area is 124 Å². The predicted octanol–water partition coefficient (Wildman–Crippen LogP) is 2.97. The molecular formula is C16H21N3O2. The lowest BCUT2D eigenvalue weighted by Crippen LogP contribution is -2.06. The molecule has 0 unspecified atom stereocenters. The zero-order valence-electron chi connectivity index (χ0n) is 12.7. The zero-order valence-corrected chi connectivity index (χ0v) is 12.7. The summed E-state index contributed by atoms with van der Waals surface area (Å²) in [6, 6.07) is 8.17. The Morgan fingerprint density at radius 1 is 1.29 bits per heavy atom. The van der Waals surface area contributed by atoms with E-state index in [4.69, 9.17) is 5.11 Å². The Bertz CT molecular complexity index is 615. The van der Waals surface area contributed by atoms with Crippen molar-refractivity contribution >= 4 is 5.97 Å². The van der Waals surface area contributed by atoms with Crippen LogP contribution in [0.25, 0.3) is 5.69 Å². The zero-order chi connectivity index (χ0) is 15.4. The molecule has 2 rings (SSSR count). The monoisotopic (exact) mass is 287 g/mol. The van der Waals surface area contributed by atoms with Crippen LogP contribution in [0.3, 0.4) is 0 Å². The summed E-state index contributed by atoms with van der Waals surface area (Å²) < 4.78 is 1.76. The maximum absolute atomic E-state index is 10.8. The van der Waals surface area contributed by atoms with Crippen LogP contribution in [0.5, 0.6) is 0 Å². The summed E-state index contributed by atoms with van der Waals surface area (Å²) in [4.78, 5) is 15.2. The van der Waals surface area contributed by atoms with Crippen LogP contribution in [0.15, 0.2) is 24.3 Å². The molecule has 5 nitrogen and oxygen atoms in total. The summed E-state index contributed by atoms with van der Waals surface area (Å²) in [6.45, 7) is 6.29. The first-order valence-corrected chi connectivity index (χ1v) is 7.28. The van der Waals surface area contributed by atoms with Gasteiger partial charge in [-0.25, -0.2) is 9.67 Å². The van der Waals surface area contributed by atoms with Gasteiger partial charge in [0.15, 0.2) is 5.82 Å². The average molecular weight is 287 g/mol. The Morgan fingerprint density at radius 3 is 2.48 bits per heavy atom. The SMILES string of the molecule is CCc1nc(CCC(=O)O)n(-c2ccc(C(C)C)cc2)n1. The van der Waals surface area contributed by atoms with Crippen molar-refractivity contribution < 1.29 is 9.90 Å². The second kappa shape index (κ2) is 6.52. The third-order valence-corrected chi connectivity index (χ3v) is 3.40. The topological polar surface area (TPSA) is 68.0 Å². The Balaban J connectivity index is 2.32. The van der Waals surface area contributed by atoms with Gasteiger partial charge in [-0.1, -0.05) is 32.9 Å². The highest BCUT2D eigenvalue weighted by atomic mass is 16.4. The first-order chi connectivity index (χ1) is 10.0. The molecular weight excluding hydrogens is 266 g/mol. The van der Waals surface area contributed by atoms with Crippen molar-refractivity contribution in [2.24, 2.45) is 0 Å². The van der Waals surface area contributed by atoms with Crippen molar-refractivity contribution in [2.45, 2.75) is 46.0 Å². The van der Waals surface area contributed by atoms with Crippen molar-refractivity contribution in [3.05, 3.63) is 41.5 Å². The second-order valence-electron chi connectivity index (χ2n) is 5.35. The van der Waals surface area contributed by atoms with Gasteiger partial charge in [0, 0.05) is 12.8 Å². The van der Waals surface area contributed by atoms with Gasteiger partial charge in [0.2, 0.25) is 0 Å². The first-order valence-electron chi connectivity index (χ1n) is 7.28. The molecule has 0 aliphatic carbocycles. The molecule has 0 spiro atoms. The summed E-state index contributed by atoms with van der Waals surface area (Å²) in [5, 5.41) is 13.3. The molecule has 0 amide bonds. The molecule has 1 aromatic heterocycles. The van der Waals surface area contributed by atoms with E-state index in [-0.39, 0.29) is 6.42 Å². The standard InChI is InChI=1S/C16H21N3O2/c1-4-14-17-15(9-10-16(20)21)19(18-14)13-7-5-12(6-8-13)11(2)3/h5-8,11H,4,9-10H2,1-3H3,(H,20,21). The number of hydrogen-bond donors (Lipinski definition) is 1. The van der Waals surface area contributed by atoms with Crippen LogP contribution < -0.4 is 0 Å². The van der Waals surface area contributed by atoms with E-state index in [1.54, 1.807) is 4.68 Å². The second-order valence-corrected chi connectivity index (χ2v) is 5.35. The van der Waals surface area contributed by atoms with Crippen LogP contribution in [0.2, 0.25) is 0 Å². The van der Waals surface area contributed by atoms with E-state index >= 15 is 0 Å². The van der Waals surface area contributed by atoms with E-state index in [1.165, 1.54) is 5.56 Å². The van der Waals surface area contributed by atoms with Crippen LogP contribution in [-0.4, -0.2) is 25.8 Å². The minimum atomic E-state index is -0.822. The normalized spacial score (nSPS) is 11.0. The Hall–Kier alpha value is -2.17. The third kappa shape index (κ3) is 3.68. The number of aryl methyl sites for hydroxylation is 2. The quantitative estimate of drug-likeness (QED) is 0.887. The summed E-state index contributed by atoms with van der Waals surface area (Å²) in [6.07, 6.45) is 1.18. The minimum Gasteiger partial charge on any atom is -0.481 e. The summed E-state index contributed by atoms with van der Waals surface area (Å²) in [5.74, 6) is 1.10. The third-order valence-electron chi connectivity index (χ3n) is 3.40. The van der Waals surface area contributed by atoms with Crippen LogP contribution in [-0.2, 0) is 17.6 Å². The van der Waals surface area contributed by atoms with Gasteiger partial charge < -0.3 is 5.11 Å². The highest BCUT2D eigenvalue weighted by Crippen LogP contribution is 2.18. The number of benzene rings is 1. The van der Waals surface area contributed by atoms with Crippen molar-refractivity contribution in [3.8, 4) is 5.69 Å². The molecule has 2 aromatic rings. The lowest BCUT2D eigenvalue weighted by atomic mass is 10.0. The van der Waals surface area contributed by atoms with E-state index in [1.807, 2.05) is 19.1 Å². The van der Waals surface area contributed by atoms with E-state index < -0.39 is 5.97 Å². The predicted molar refractivity (Wildman–Crippen MR) is 80.8 cm³/mol. The Morgan fingerprint density at radius 2 is 1.95 bits per heavy atom. The van der Waals surface area contributed by atoms with Crippen molar-refractivity contribution in [3.63, 3.8) is 0 Å². The van der Waals surface area contributed by atoms with Gasteiger partial charge in [-0.05, 0) is 23.6 Å². The number of carboxylic acid groups (broad SMARTS) is 1. The smallest absolute Gasteiger partial charge is 0.303 e. The number of nitrogens with zero attached hydrogens (tertiary/aromatic N) is 3. The van der Waals surface area contributed by atoms with Crippen LogP contribution in [0, 0.1) is 0 Å². The summed E-state index contributed by atoms with van der Waals surface area (Å²) in [5.41, 5.74) is 2.19. The van der Waals surface area contributed by atoms with E-state index in [9.17, 15) is 4.79 Å². The molecule has 0 aliphatic heterocycles. The van der Waals surface area contributed by atoms with Crippen LogP contribution in [0.4, 0.5) is 0 Å². The fourth-order valence-electron chi connectivity index (χ4n) is 2.13. The van der Waals surface area contributed by atoms with Crippen molar-refractivity contribution in [1.82, 2.24) is 14.8 Å². The largest absolute Gasteiger partial charge is 0.481 e. The molecule has 0 saturated carbocycles. The molecule has 21 heavy (non-hydrogen) atoms. The highest BCUT2D eigenvalue weighted by molar-refractivity contribution is 5.66. The van der Waals surface area contributed by atoms with Crippen LogP contribution in [0.1, 0.15) is 50.3 Å². The molecule has 0 aliphatic rings. The molecule has 5 heteroatoms. The lowest BCUT2D eigenvalue weighted by molar-refractivity contribution is -0.137. The van der Waals surface area contributed by atoms with Crippen molar-refractivity contribution in [1.29, 1.82) is 0 Å². The molecule has 1 aromatic carbocycles. The van der Waals surface area contributed by atoms with Gasteiger partial charge in [0.25, 0.3) is 0 Å². The van der Waals surface area contributed by atoms with E-state index in [0.29, 0.717) is 18.2 Å². The molecule has 112 valence electrons. The fourth-order valence-corrected chi connectivity index (χ4v) is 2.13. The molecule has 0 bridgehead atoms. The highest BCUT2D eigenvalue weighted by Gasteiger charge is 2.12. The van der Waals surface area contributed by atoms with Crippen molar-refractivity contribution in [2.75, 3.05) is 0 Å². The van der Waals surface area contributed by atoms with Gasteiger partial charge in [-0.2, -0.15) is 5.10 Å². The minimum absolute atomic E-state index is 0.0614. The molecule has 1 N–H and O–H groups in total. The van der Waals surface area contributed by atoms with Crippen LogP contribution >= 0.6 is 0 Å². The number of carbonyl (C=O) groups is 1. The molecule has 0 saturated heterocycles. The maximum Gasteiger partial charge on any atom is 0.303 e. The first kappa shape index (κ1) is 15.2. The maximum atomic E-state index is 10.8. The fraction of sp³-hybridized carbons (Fsp3) is 0.438. The molecule has 0 fully saturated rings. The number of carboxylic acids is 1. The van der Waals surface area contributed by atoms with E-state index in [0.717, 1.165) is 17.9 Å². The number of rotatable bonds is 6. The van der Waals surface area contributed by atoms with Gasteiger partial charge in [-0.3, -0.25) is 4.79 Å². The molecule has 0 radical (unpaired) electrons. The van der Waals surface area contributed by atoms with Gasteiger partial charge in [0.05, 0.1) is 12.1 Å². The Kier molecular flexibility index (Phi) is 4.73. The van der Waals surface area contributed by atoms with Gasteiger partial charge >= 0.3 is 5.97 Å². The number of aliphatic carboxylic acids is 1. The van der Waals surface area contributed by atoms with E-state index in [2.05, 4.69) is 36.1 Å².